The Labute approximate surface area is 115 Å². The Balaban J connectivity index is 1.97. The van der Waals surface area contributed by atoms with Crippen LogP contribution in [0.4, 0.5) is 5.69 Å². The summed E-state index contributed by atoms with van der Waals surface area (Å²) < 4.78 is 0. The summed E-state index contributed by atoms with van der Waals surface area (Å²) in [5.74, 6) is 1.29. The molecular formula is C16H24N2O. The Hall–Kier alpha value is -1.51. The lowest BCUT2D eigenvalue weighted by Gasteiger charge is -2.28. The normalized spacial score (nSPS) is 23.1. The van der Waals surface area contributed by atoms with Crippen molar-refractivity contribution in [3.63, 3.8) is 0 Å². The summed E-state index contributed by atoms with van der Waals surface area (Å²) in [6.07, 6.45) is 5.13. The van der Waals surface area contributed by atoms with Gasteiger partial charge in [0.2, 0.25) is 0 Å². The van der Waals surface area contributed by atoms with E-state index in [1.165, 1.54) is 25.7 Å². The van der Waals surface area contributed by atoms with Gasteiger partial charge in [0, 0.05) is 12.2 Å². The summed E-state index contributed by atoms with van der Waals surface area (Å²) >= 11 is 0. The summed E-state index contributed by atoms with van der Waals surface area (Å²) in [4.78, 5) is 12.2. The van der Waals surface area contributed by atoms with E-state index in [4.69, 9.17) is 5.73 Å². The first kappa shape index (κ1) is 13.9. The van der Waals surface area contributed by atoms with Gasteiger partial charge in [0.15, 0.2) is 0 Å². The van der Waals surface area contributed by atoms with Gasteiger partial charge >= 0.3 is 0 Å². The molecule has 19 heavy (non-hydrogen) atoms. The molecule has 3 nitrogen and oxygen atoms in total. The van der Waals surface area contributed by atoms with Crippen LogP contribution < -0.4 is 11.1 Å². The molecule has 2 atom stereocenters. The predicted octanol–water partition coefficient (Wildman–Crippen LogP) is 3.13. The second-order valence-corrected chi connectivity index (χ2v) is 5.77. The van der Waals surface area contributed by atoms with Crippen molar-refractivity contribution >= 4 is 11.6 Å². The van der Waals surface area contributed by atoms with Gasteiger partial charge < -0.3 is 11.1 Å². The van der Waals surface area contributed by atoms with Crippen LogP contribution in [0.5, 0.6) is 0 Å². The molecule has 0 saturated heterocycles. The number of rotatable bonds is 3. The first-order valence-electron chi connectivity index (χ1n) is 7.23. The number of aryl methyl sites for hydroxylation is 1. The summed E-state index contributed by atoms with van der Waals surface area (Å²) in [5.41, 5.74) is 8.03. The predicted molar refractivity (Wildman–Crippen MR) is 79.0 cm³/mol. The van der Waals surface area contributed by atoms with E-state index in [0.717, 1.165) is 12.1 Å². The fourth-order valence-electron chi connectivity index (χ4n) is 3.01. The SMILES string of the molecule is Cc1cccc(N)c1C(=O)NCC1CCCCC1C. The monoisotopic (exact) mass is 260 g/mol. The molecule has 3 heteroatoms. The number of amides is 1. The molecule has 0 heterocycles. The van der Waals surface area contributed by atoms with Crippen LogP contribution in [0.1, 0.15) is 48.5 Å². The number of carbonyl (C=O) groups excluding carboxylic acids is 1. The summed E-state index contributed by atoms with van der Waals surface area (Å²) in [5, 5.41) is 3.06. The number of hydrogen-bond acceptors (Lipinski definition) is 2. The molecule has 0 bridgehead atoms. The molecule has 1 aromatic carbocycles. The maximum atomic E-state index is 12.2. The minimum atomic E-state index is -0.0339. The fraction of sp³-hybridized carbons (Fsp3) is 0.562. The molecular weight excluding hydrogens is 236 g/mol. The first-order valence-corrected chi connectivity index (χ1v) is 7.23. The number of anilines is 1. The number of nitrogen functional groups attached to an aromatic ring is 1. The highest BCUT2D eigenvalue weighted by molar-refractivity contribution is 6.00. The lowest BCUT2D eigenvalue weighted by atomic mass is 9.80. The van der Waals surface area contributed by atoms with Crippen molar-refractivity contribution in [1.29, 1.82) is 0 Å². The summed E-state index contributed by atoms with van der Waals surface area (Å²) in [7, 11) is 0. The van der Waals surface area contributed by atoms with Gasteiger partial charge in [-0.1, -0.05) is 38.3 Å². The van der Waals surface area contributed by atoms with Gasteiger partial charge in [-0.2, -0.15) is 0 Å². The van der Waals surface area contributed by atoms with E-state index < -0.39 is 0 Å². The molecule has 3 N–H and O–H groups in total. The van der Waals surface area contributed by atoms with Crippen LogP contribution in [-0.2, 0) is 0 Å². The molecule has 1 aliphatic rings. The van der Waals surface area contributed by atoms with Crippen molar-refractivity contribution in [2.45, 2.75) is 39.5 Å². The fourth-order valence-corrected chi connectivity index (χ4v) is 3.01. The van der Waals surface area contributed by atoms with Crippen molar-refractivity contribution in [2.75, 3.05) is 12.3 Å². The molecule has 1 saturated carbocycles. The molecule has 2 unspecified atom stereocenters. The van der Waals surface area contributed by atoms with E-state index in [9.17, 15) is 4.79 Å². The highest BCUT2D eigenvalue weighted by atomic mass is 16.1. The van der Waals surface area contributed by atoms with Crippen LogP contribution in [0.3, 0.4) is 0 Å². The van der Waals surface area contributed by atoms with Crippen LogP contribution >= 0.6 is 0 Å². The minimum absolute atomic E-state index is 0.0339. The van der Waals surface area contributed by atoms with E-state index in [-0.39, 0.29) is 5.91 Å². The largest absolute Gasteiger partial charge is 0.398 e. The number of nitrogens with two attached hydrogens (primary N) is 1. The molecule has 2 rings (SSSR count). The Bertz CT molecular complexity index is 436. The van der Waals surface area contributed by atoms with E-state index in [0.29, 0.717) is 23.1 Å². The van der Waals surface area contributed by atoms with Crippen LogP contribution in [0.25, 0.3) is 0 Å². The van der Waals surface area contributed by atoms with E-state index >= 15 is 0 Å². The van der Waals surface area contributed by atoms with E-state index in [2.05, 4.69) is 12.2 Å². The van der Waals surface area contributed by atoms with E-state index in [1.54, 1.807) is 6.07 Å². The molecule has 0 aliphatic heterocycles. The Morgan fingerprint density at radius 2 is 2.11 bits per heavy atom. The minimum Gasteiger partial charge on any atom is -0.398 e. The molecule has 0 spiro atoms. The quantitative estimate of drug-likeness (QED) is 0.820. The zero-order valence-corrected chi connectivity index (χ0v) is 11.9. The Morgan fingerprint density at radius 3 is 2.79 bits per heavy atom. The van der Waals surface area contributed by atoms with E-state index in [1.807, 2.05) is 19.1 Å². The third-order valence-electron chi connectivity index (χ3n) is 4.35. The van der Waals surface area contributed by atoms with Gasteiger partial charge in [0.1, 0.15) is 0 Å². The molecule has 1 fully saturated rings. The first-order chi connectivity index (χ1) is 9.09. The summed E-state index contributed by atoms with van der Waals surface area (Å²) in [6, 6.07) is 5.59. The van der Waals surface area contributed by atoms with Gasteiger partial charge in [-0.15, -0.1) is 0 Å². The molecule has 0 radical (unpaired) electrons. The van der Waals surface area contributed by atoms with Gasteiger partial charge in [-0.05, 0) is 36.8 Å². The zero-order valence-electron chi connectivity index (χ0n) is 11.9. The van der Waals surface area contributed by atoms with Crippen LogP contribution in [-0.4, -0.2) is 12.5 Å². The zero-order chi connectivity index (χ0) is 13.8. The number of nitrogens with one attached hydrogen (secondary N) is 1. The van der Waals surface area contributed by atoms with Gasteiger partial charge in [-0.3, -0.25) is 4.79 Å². The highest BCUT2D eigenvalue weighted by Crippen LogP contribution is 2.29. The van der Waals surface area contributed by atoms with Gasteiger partial charge in [0.25, 0.3) is 5.91 Å². The average Bonchev–Trinajstić information content (AvgIpc) is 2.37. The molecule has 104 valence electrons. The molecule has 1 aromatic rings. The van der Waals surface area contributed by atoms with Gasteiger partial charge in [0.05, 0.1) is 5.56 Å². The van der Waals surface area contributed by atoms with Crippen molar-refractivity contribution in [3.05, 3.63) is 29.3 Å². The molecule has 1 amide bonds. The van der Waals surface area contributed by atoms with Crippen LogP contribution in [0.15, 0.2) is 18.2 Å². The van der Waals surface area contributed by atoms with Crippen molar-refractivity contribution in [3.8, 4) is 0 Å². The Kier molecular flexibility index (Phi) is 4.46. The lowest BCUT2D eigenvalue weighted by molar-refractivity contribution is 0.0936. The smallest absolute Gasteiger partial charge is 0.253 e. The second-order valence-electron chi connectivity index (χ2n) is 5.77. The van der Waals surface area contributed by atoms with Crippen molar-refractivity contribution in [1.82, 2.24) is 5.32 Å². The Morgan fingerprint density at radius 1 is 1.37 bits per heavy atom. The number of benzene rings is 1. The number of carbonyl (C=O) groups is 1. The van der Waals surface area contributed by atoms with Crippen molar-refractivity contribution in [2.24, 2.45) is 11.8 Å². The number of hydrogen-bond donors (Lipinski definition) is 2. The third-order valence-corrected chi connectivity index (χ3v) is 4.35. The maximum Gasteiger partial charge on any atom is 0.253 e. The van der Waals surface area contributed by atoms with Crippen LogP contribution in [0.2, 0.25) is 0 Å². The molecule has 1 aliphatic carbocycles. The second kappa shape index (κ2) is 6.09. The van der Waals surface area contributed by atoms with Gasteiger partial charge in [-0.25, -0.2) is 0 Å². The summed E-state index contributed by atoms with van der Waals surface area (Å²) in [6.45, 7) is 4.99. The highest BCUT2D eigenvalue weighted by Gasteiger charge is 2.22. The van der Waals surface area contributed by atoms with Crippen molar-refractivity contribution < 1.29 is 4.79 Å². The maximum absolute atomic E-state index is 12.2. The van der Waals surface area contributed by atoms with Crippen LogP contribution in [0, 0.1) is 18.8 Å². The lowest BCUT2D eigenvalue weighted by Crippen LogP contribution is -2.34. The standard InChI is InChI=1S/C16H24N2O/c1-11-6-3-4-8-13(11)10-18-16(19)15-12(2)7-5-9-14(15)17/h5,7,9,11,13H,3-4,6,8,10,17H2,1-2H3,(H,18,19). The topological polar surface area (TPSA) is 55.1 Å². The molecule has 0 aromatic heterocycles. The third kappa shape index (κ3) is 3.28. The average molecular weight is 260 g/mol.